The number of carbonyl (C=O) groups is 1. The van der Waals surface area contributed by atoms with Crippen molar-refractivity contribution in [3.63, 3.8) is 0 Å². The van der Waals surface area contributed by atoms with Gasteiger partial charge >= 0.3 is 0 Å². The van der Waals surface area contributed by atoms with Crippen LogP contribution in [0, 0.1) is 0 Å². The highest BCUT2D eigenvalue weighted by Crippen LogP contribution is 2.31. The summed E-state index contributed by atoms with van der Waals surface area (Å²) in [4.78, 5) is 14.4. The van der Waals surface area contributed by atoms with Crippen LogP contribution < -0.4 is 10.0 Å². The summed E-state index contributed by atoms with van der Waals surface area (Å²) < 4.78 is 29.1. The van der Waals surface area contributed by atoms with Crippen molar-refractivity contribution in [2.75, 3.05) is 11.4 Å². The third kappa shape index (κ3) is 3.23. The Bertz CT molecular complexity index is 1210. The molecule has 0 fully saturated rings. The van der Waals surface area contributed by atoms with Gasteiger partial charge in [0.2, 0.25) is 10.0 Å². The van der Waals surface area contributed by atoms with Crippen molar-refractivity contribution < 1.29 is 17.6 Å². The summed E-state index contributed by atoms with van der Waals surface area (Å²) in [7, 11) is -3.82. The van der Waals surface area contributed by atoms with Crippen LogP contribution in [0.15, 0.2) is 57.9 Å². The van der Waals surface area contributed by atoms with Crippen LogP contribution in [0.25, 0.3) is 17.0 Å². The Morgan fingerprint density at radius 1 is 1.25 bits per heavy atom. The van der Waals surface area contributed by atoms with Gasteiger partial charge in [-0.1, -0.05) is 31.2 Å². The Kier molecular flexibility index (Phi) is 4.56. The number of carbonyl (C=O) groups excluding carboxylic acids is 1. The number of para-hydroxylation sites is 1. The fourth-order valence-corrected chi connectivity index (χ4v) is 4.10. The second-order valence-electron chi connectivity index (χ2n) is 6.70. The van der Waals surface area contributed by atoms with E-state index in [1.165, 1.54) is 18.2 Å². The van der Waals surface area contributed by atoms with E-state index in [1.807, 2.05) is 31.2 Å². The lowest BCUT2D eigenvalue weighted by atomic mass is 10.1. The van der Waals surface area contributed by atoms with E-state index in [0.29, 0.717) is 25.1 Å². The van der Waals surface area contributed by atoms with Gasteiger partial charge in [0, 0.05) is 35.7 Å². The second-order valence-corrected chi connectivity index (χ2v) is 8.26. The van der Waals surface area contributed by atoms with Gasteiger partial charge in [-0.05, 0) is 36.3 Å². The zero-order valence-electron chi connectivity index (χ0n) is 15.4. The number of primary sulfonamides is 1. The summed E-state index contributed by atoms with van der Waals surface area (Å²) in [6, 6.07) is 12.4. The van der Waals surface area contributed by atoms with Crippen molar-refractivity contribution in [1.82, 2.24) is 0 Å². The minimum Gasteiger partial charge on any atom is -0.460 e. The van der Waals surface area contributed by atoms with Crippen molar-refractivity contribution in [3.05, 3.63) is 65.4 Å². The Hall–Kier alpha value is -2.90. The van der Waals surface area contributed by atoms with Crippen LogP contribution in [0.4, 0.5) is 5.69 Å². The van der Waals surface area contributed by atoms with E-state index in [9.17, 15) is 13.2 Å². The lowest BCUT2D eigenvalue weighted by Gasteiger charge is -2.15. The smallest absolute Gasteiger partial charge is 0.251 e. The first-order valence-corrected chi connectivity index (χ1v) is 10.6. The van der Waals surface area contributed by atoms with Crippen LogP contribution in [0.1, 0.15) is 23.8 Å². The molecule has 1 aromatic heterocycles. The lowest BCUT2D eigenvalue weighted by molar-refractivity contribution is -0.114. The molecule has 0 unspecified atom stereocenters. The first kappa shape index (κ1) is 18.5. The fourth-order valence-electron chi connectivity index (χ4n) is 3.57. The summed E-state index contributed by atoms with van der Waals surface area (Å²) in [6.45, 7) is 2.50. The number of furan rings is 1. The highest BCUT2D eigenvalue weighted by atomic mass is 32.2. The number of hydrogen-bond acceptors (Lipinski definition) is 4. The number of sulfonamides is 1. The topological polar surface area (TPSA) is 93.6 Å². The van der Waals surface area contributed by atoms with E-state index >= 15 is 0 Å². The number of hydrogen-bond donors (Lipinski definition) is 1. The third-order valence-corrected chi connectivity index (χ3v) is 5.88. The van der Waals surface area contributed by atoms with Gasteiger partial charge in [-0.2, -0.15) is 0 Å². The third-order valence-electron chi connectivity index (χ3n) is 4.97. The van der Waals surface area contributed by atoms with Crippen LogP contribution in [-0.4, -0.2) is 20.9 Å². The van der Waals surface area contributed by atoms with E-state index in [4.69, 9.17) is 9.56 Å². The van der Waals surface area contributed by atoms with Crippen molar-refractivity contribution >= 4 is 38.7 Å². The summed E-state index contributed by atoms with van der Waals surface area (Å²) >= 11 is 0. The molecule has 7 heteroatoms. The predicted molar refractivity (Wildman–Crippen MR) is 108 cm³/mol. The van der Waals surface area contributed by atoms with Gasteiger partial charge in [0.1, 0.15) is 11.3 Å². The lowest BCUT2D eigenvalue weighted by Crippen LogP contribution is -2.27. The first-order chi connectivity index (χ1) is 13.4. The Labute approximate surface area is 163 Å². The van der Waals surface area contributed by atoms with E-state index in [2.05, 4.69) is 0 Å². The standard InChI is InChI=1S/C21H20N2O4S/c1-2-19-17(16-5-3-4-6-20(16)27-19)9-10-21(24)23-12-11-14-7-8-15(13-18(14)23)28(22,25)26/h3-10,13H,2,11-12H2,1H3,(H2,22,25,26). The minimum atomic E-state index is -3.82. The Morgan fingerprint density at radius 3 is 2.79 bits per heavy atom. The molecule has 2 heterocycles. The fraction of sp³-hybridized carbons (Fsp3) is 0.190. The molecule has 1 aliphatic heterocycles. The Morgan fingerprint density at radius 2 is 2.04 bits per heavy atom. The summed E-state index contributed by atoms with van der Waals surface area (Å²) in [5.74, 6) is 0.612. The molecule has 1 amide bonds. The normalized spacial score (nSPS) is 14.1. The van der Waals surface area contributed by atoms with Crippen LogP contribution in [0.2, 0.25) is 0 Å². The molecule has 0 saturated carbocycles. The van der Waals surface area contributed by atoms with Gasteiger partial charge in [0.15, 0.2) is 0 Å². The van der Waals surface area contributed by atoms with E-state index in [-0.39, 0.29) is 10.8 Å². The quantitative estimate of drug-likeness (QED) is 0.685. The molecule has 1 aliphatic rings. The molecule has 28 heavy (non-hydrogen) atoms. The molecule has 0 radical (unpaired) electrons. The van der Waals surface area contributed by atoms with Crippen LogP contribution >= 0.6 is 0 Å². The molecule has 3 aromatic rings. The molecular weight excluding hydrogens is 376 g/mol. The molecule has 0 spiro atoms. The summed E-state index contributed by atoms with van der Waals surface area (Å²) in [5, 5.41) is 6.18. The highest BCUT2D eigenvalue weighted by Gasteiger charge is 2.25. The SMILES string of the molecule is CCc1oc2ccccc2c1C=CC(=O)N1CCc2ccc(S(N)(=O)=O)cc21. The molecule has 0 aliphatic carbocycles. The first-order valence-electron chi connectivity index (χ1n) is 9.04. The van der Waals surface area contributed by atoms with Crippen LogP contribution in [-0.2, 0) is 27.7 Å². The van der Waals surface area contributed by atoms with Crippen molar-refractivity contribution in [2.45, 2.75) is 24.7 Å². The average molecular weight is 396 g/mol. The van der Waals surface area contributed by atoms with Gasteiger partial charge in [0.25, 0.3) is 5.91 Å². The molecule has 144 valence electrons. The van der Waals surface area contributed by atoms with Gasteiger partial charge in [0.05, 0.1) is 4.90 Å². The van der Waals surface area contributed by atoms with Gasteiger partial charge in [-0.3, -0.25) is 4.79 Å². The molecule has 2 aromatic carbocycles. The second kappa shape index (κ2) is 6.92. The molecule has 2 N–H and O–H groups in total. The number of nitrogens with zero attached hydrogens (tertiary/aromatic N) is 1. The van der Waals surface area contributed by atoms with Gasteiger partial charge in [-0.15, -0.1) is 0 Å². The zero-order valence-corrected chi connectivity index (χ0v) is 16.2. The minimum absolute atomic E-state index is 0.00373. The summed E-state index contributed by atoms with van der Waals surface area (Å²) in [5.41, 5.74) is 3.20. The predicted octanol–water partition coefficient (Wildman–Crippen LogP) is 3.25. The van der Waals surface area contributed by atoms with E-state index in [0.717, 1.165) is 27.9 Å². The molecule has 4 rings (SSSR count). The number of amides is 1. The molecule has 0 saturated heterocycles. The van der Waals surface area contributed by atoms with E-state index in [1.54, 1.807) is 17.0 Å². The maximum Gasteiger partial charge on any atom is 0.251 e. The number of nitrogens with two attached hydrogens (primary N) is 1. The van der Waals surface area contributed by atoms with Crippen LogP contribution in [0.5, 0.6) is 0 Å². The number of rotatable bonds is 4. The number of benzene rings is 2. The van der Waals surface area contributed by atoms with Crippen molar-refractivity contribution in [3.8, 4) is 0 Å². The van der Waals surface area contributed by atoms with Crippen LogP contribution in [0.3, 0.4) is 0 Å². The molecule has 6 nitrogen and oxygen atoms in total. The van der Waals surface area contributed by atoms with Gasteiger partial charge in [-0.25, -0.2) is 13.6 Å². The highest BCUT2D eigenvalue weighted by molar-refractivity contribution is 7.89. The molecular formula is C21H20N2O4S. The molecule has 0 bridgehead atoms. The van der Waals surface area contributed by atoms with Crippen molar-refractivity contribution in [2.24, 2.45) is 5.14 Å². The maximum absolute atomic E-state index is 12.8. The Balaban J connectivity index is 1.67. The average Bonchev–Trinajstić information content (AvgIpc) is 3.26. The van der Waals surface area contributed by atoms with Crippen molar-refractivity contribution in [1.29, 1.82) is 0 Å². The number of fused-ring (bicyclic) bond motifs is 2. The summed E-state index contributed by atoms with van der Waals surface area (Å²) in [6.07, 6.45) is 4.67. The monoisotopic (exact) mass is 396 g/mol. The number of anilines is 1. The van der Waals surface area contributed by atoms with E-state index < -0.39 is 10.0 Å². The van der Waals surface area contributed by atoms with Gasteiger partial charge < -0.3 is 9.32 Å². The number of aryl methyl sites for hydroxylation is 1. The molecule has 0 atom stereocenters. The maximum atomic E-state index is 12.8. The largest absolute Gasteiger partial charge is 0.460 e. The zero-order chi connectivity index (χ0) is 19.9.